The van der Waals surface area contributed by atoms with Crippen molar-refractivity contribution in [3.8, 4) is 0 Å². The lowest BCUT2D eigenvalue weighted by Gasteiger charge is -2.34. The second-order valence-electron chi connectivity index (χ2n) is 4.90. The minimum Gasteiger partial charge on any atom is -0.391 e. The number of carbonyl (C=O) groups excluding carboxylic acids is 1. The summed E-state index contributed by atoms with van der Waals surface area (Å²) >= 11 is 1.66. The van der Waals surface area contributed by atoms with Crippen LogP contribution in [-0.4, -0.2) is 45.8 Å². The van der Waals surface area contributed by atoms with Gasteiger partial charge < -0.3 is 10.0 Å². The van der Waals surface area contributed by atoms with Gasteiger partial charge in [-0.05, 0) is 30.2 Å². The van der Waals surface area contributed by atoms with Crippen LogP contribution in [0.15, 0.2) is 23.4 Å². The van der Waals surface area contributed by atoms with E-state index in [0.717, 1.165) is 17.2 Å². The highest BCUT2D eigenvalue weighted by Crippen LogP contribution is 2.20. The van der Waals surface area contributed by atoms with Gasteiger partial charge in [0.15, 0.2) is 0 Å². The zero-order chi connectivity index (χ0) is 13.8. The Balaban J connectivity index is 2.03. The molecule has 1 aromatic rings. The first-order valence-electron chi connectivity index (χ1n) is 6.68. The standard InChI is InChI=1S/C14H20N2O2S/c1-3-19-13-5-4-11(8-15-13)14(18)16-7-6-10(2)12(17)9-16/h4-5,8,10,12,17H,3,6-7,9H2,1-2H3. The molecule has 1 amide bonds. The van der Waals surface area contributed by atoms with Crippen LogP contribution in [0.2, 0.25) is 0 Å². The molecule has 2 heterocycles. The van der Waals surface area contributed by atoms with Crippen LogP contribution in [0.3, 0.4) is 0 Å². The molecule has 104 valence electrons. The van der Waals surface area contributed by atoms with Gasteiger partial charge in [0, 0.05) is 19.3 Å². The molecule has 2 atom stereocenters. The Morgan fingerprint density at radius 2 is 2.37 bits per heavy atom. The van der Waals surface area contributed by atoms with E-state index in [0.29, 0.717) is 18.7 Å². The number of likely N-dealkylation sites (tertiary alicyclic amines) is 1. The summed E-state index contributed by atoms with van der Waals surface area (Å²) in [5.41, 5.74) is 0.599. The summed E-state index contributed by atoms with van der Waals surface area (Å²) in [5, 5.41) is 10.8. The normalized spacial score (nSPS) is 23.4. The third-order valence-electron chi connectivity index (χ3n) is 3.48. The van der Waals surface area contributed by atoms with Crippen molar-refractivity contribution in [3.63, 3.8) is 0 Å². The van der Waals surface area contributed by atoms with Crippen LogP contribution >= 0.6 is 11.8 Å². The number of aromatic nitrogens is 1. The summed E-state index contributed by atoms with van der Waals surface area (Å²) in [5.74, 6) is 1.20. The molecule has 19 heavy (non-hydrogen) atoms. The highest BCUT2D eigenvalue weighted by molar-refractivity contribution is 7.99. The average Bonchev–Trinajstić information content (AvgIpc) is 2.42. The molecule has 1 saturated heterocycles. The first-order valence-corrected chi connectivity index (χ1v) is 7.66. The molecule has 1 aromatic heterocycles. The fourth-order valence-corrected chi connectivity index (χ4v) is 2.74. The lowest BCUT2D eigenvalue weighted by atomic mass is 9.96. The monoisotopic (exact) mass is 280 g/mol. The van der Waals surface area contributed by atoms with Gasteiger partial charge in [0.1, 0.15) is 0 Å². The quantitative estimate of drug-likeness (QED) is 0.861. The van der Waals surface area contributed by atoms with Crippen molar-refractivity contribution in [2.24, 2.45) is 5.92 Å². The number of amides is 1. The van der Waals surface area contributed by atoms with Gasteiger partial charge in [-0.1, -0.05) is 13.8 Å². The Morgan fingerprint density at radius 3 is 2.95 bits per heavy atom. The van der Waals surface area contributed by atoms with E-state index in [2.05, 4.69) is 11.9 Å². The number of hydrogen-bond donors (Lipinski definition) is 1. The van der Waals surface area contributed by atoms with Crippen molar-refractivity contribution < 1.29 is 9.90 Å². The molecule has 0 aromatic carbocycles. The van der Waals surface area contributed by atoms with Gasteiger partial charge in [-0.15, -0.1) is 11.8 Å². The molecule has 0 spiro atoms. The van der Waals surface area contributed by atoms with Crippen LogP contribution in [0.25, 0.3) is 0 Å². The topological polar surface area (TPSA) is 53.4 Å². The maximum atomic E-state index is 12.3. The highest BCUT2D eigenvalue weighted by Gasteiger charge is 2.27. The molecule has 0 radical (unpaired) electrons. The molecule has 0 saturated carbocycles. The van der Waals surface area contributed by atoms with Crippen LogP contribution in [0.5, 0.6) is 0 Å². The van der Waals surface area contributed by atoms with Gasteiger partial charge in [0.2, 0.25) is 0 Å². The Labute approximate surface area is 118 Å². The smallest absolute Gasteiger partial charge is 0.255 e. The molecule has 1 fully saturated rings. The molecule has 0 aliphatic carbocycles. The molecular formula is C14H20N2O2S. The van der Waals surface area contributed by atoms with Crippen molar-refractivity contribution in [2.75, 3.05) is 18.8 Å². The highest BCUT2D eigenvalue weighted by atomic mass is 32.2. The van der Waals surface area contributed by atoms with Gasteiger partial charge in [-0.2, -0.15) is 0 Å². The van der Waals surface area contributed by atoms with Crippen LogP contribution in [0.4, 0.5) is 0 Å². The van der Waals surface area contributed by atoms with Crippen molar-refractivity contribution in [1.82, 2.24) is 9.88 Å². The molecular weight excluding hydrogens is 260 g/mol. The SMILES string of the molecule is CCSc1ccc(C(=O)N2CCC(C)C(O)C2)cn1. The number of β-amino-alcohol motifs (C(OH)–C–C–N with tert-alkyl or cyclic N) is 1. The predicted molar refractivity (Wildman–Crippen MR) is 76.3 cm³/mol. The summed E-state index contributed by atoms with van der Waals surface area (Å²) in [7, 11) is 0. The van der Waals surface area contributed by atoms with Gasteiger partial charge >= 0.3 is 0 Å². The Morgan fingerprint density at radius 1 is 1.58 bits per heavy atom. The number of pyridine rings is 1. The van der Waals surface area contributed by atoms with E-state index in [-0.39, 0.29) is 11.8 Å². The number of carbonyl (C=O) groups is 1. The molecule has 2 unspecified atom stereocenters. The van der Waals surface area contributed by atoms with Crippen molar-refractivity contribution in [1.29, 1.82) is 0 Å². The van der Waals surface area contributed by atoms with E-state index in [4.69, 9.17) is 0 Å². The first kappa shape index (κ1) is 14.3. The predicted octanol–water partition coefficient (Wildman–Crippen LogP) is 2.04. The summed E-state index contributed by atoms with van der Waals surface area (Å²) in [6.07, 6.45) is 2.06. The van der Waals surface area contributed by atoms with Crippen LogP contribution < -0.4 is 0 Å². The fraction of sp³-hybridized carbons (Fsp3) is 0.571. The molecule has 1 aliphatic rings. The molecule has 5 heteroatoms. The van der Waals surface area contributed by atoms with Crippen LogP contribution in [0.1, 0.15) is 30.6 Å². The van der Waals surface area contributed by atoms with E-state index >= 15 is 0 Å². The third kappa shape index (κ3) is 3.48. The molecule has 2 rings (SSSR count). The van der Waals surface area contributed by atoms with Gasteiger partial charge in [0.05, 0.1) is 16.7 Å². The maximum Gasteiger partial charge on any atom is 0.255 e. The number of piperidine rings is 1. The number of hydrogen-bond acceptors (Lipinski definition) is 4. The summed E-state index contributed by atoms with van der Waals surface area (Å²) in [6.45, 7) is 5.22. The van der Waals surface area contributed by atoms with E-state index in [9.17, 15) is 9.90 Å². The largest absolute Gasteiger partial charge is 0.391 e. The lowest BCUT2D eigenvalue weighted by Crippen LogP contribution is -2.45. The second kappa shape index (κ2) is 6.39. The lowest BCUT2D eigenvalue weighted by molar-refractivity contribution is 0.0248. The maximum absolute atomic E-state index is 12.3. The average molecular weight is 280 g/mol. The minimum atomic E-state index is -0.416. The van der Waals surface area contributed by atoms with Gasteiger partial charge in [0.25, 0.3) is 5.91 Å². The van der Waals surface area contributed by atoms with Crippen molar-refractivity contribution >= 4 is 17.7 Å². The summed E-state index contributed by atoms with van der Waals surface area (Å²) in [4.78, 5) is 18.3. The number of nitrogens with zero attached hydrogens (tertiary/aromatic N) is 2. The number of aliphatic hydroxyl groups excluding tert-OH is 1. The third-order valence-corrected chi connectivity index (χ3v) is 4.31. The van der Waals surface area contributed by atoms with E-state index in [1.54, 1.807) is 22.9 Å². The zero-order valence-corrected chi connectivity index (χ0v) is 12.2. The summed E-state index contributed by atoms with van der Waals surface area (Å²) in [6, 6.07) is 3.70. The van der Waals surface area contributed by atoms with Crippen molar-refractivity contribution in [3.05, 3.63) is 23.9 Å². The second-order valence-corrected chi connectivity index (χ2v) is 6.19. The van der Waals surface area contributed by atoms with Crippen LogP contribution in [-0.2, 0) is 0 Å². The Bertz CT molecular complexity index is 436. The first-order chi connectivity index (χ1) is 9.11. The Hall–Kier alpha value is -1.07. The van der Waals surface area contributed by atoms with Gasteiger partial charge in [-0.3, -0.25) is 4.79 Å². The number of thioether (sulfide) groups is 1. The molecule has 0 bridgehead atoms. The molecule has 4 nitrogen and oxygen atoms in total. The Kier molecular flexibility index (Phi) is 4.82. The molecule has 1 aliphatic heterocycles. The molecule has 1 N–H and O–H groups in total. The van der Waals surface area contributed by atoms with E-state index in [1.807, 2.05) is 19.1 Å². The van der Waals surface area contributed by atoms with Gasteiger partial charge in [-0.25, -0.2) is 4.98 Å². The van der Waals surface area contributed by atoms with E-state index in [1.165, 1.54) is 0 Å². The minimum absolute atomic E-state index is 0.0356. The van der Waals surface area contributed by atoms with Crippen LogP contribution in [0, 0.1) is 5.92 Å². The number of aliphatic hydroxyl groups is 1. The van der Waals surface area contributed by atoms with Crippen molar-refractivity contribution in [2.45, 2.75) is 31.4 Å². The zero-order valence-electron chi connectivity index (χ0n) is 11.4. The fourth-order valence-electron chi connectivity index (χ4n) is 2.16. The summed E-state index contributed by atoms with van der Waals surface area (Å²) < 4.78 is 0. The number of rotatable bonds is 3. The van der Waals surface area contributed by atoms with E-state index < -0.39 is 6.10 Å².